The van der Waals surface area contributed by atoms with Crippen LogP contribution in [0.2, 0.25) is 0 Å². The number of fused-ring (bicyclic) bond motifs is 1. The third kappa shape index (κ3) is 2.34. The Balaban J connectivity index is 2.07. The number of nitrogens with zero attached hydrogens (tertiary/aromatic N) is 3. The van der Waals surface area contributed by atoms with Crippen molar-refractivity contribution in [3.05, 3.63) is 68.7 Å². The van der Waals surface area contributed by atoms with E-state index in [0.29, 0.717) is 20.9 Å². The molecule has 0 unspecified atom stereocenters. The minimum Gasteiger partial charge on any atom is -0.267 e. The number of hydrogen-bond donors (Lipinski definition) is 0. The Kier molecular flexibility index (Phi) is 3.31. The van der Waals surface area contributed by atoms with Crippen LogP contribution in [-0.4, -0.2) is 15.0 Å². The third-order valence-electron chi connectivity index (χ3n) is 2.96. The lowest BCUT2D eigenvalue weighted by atomic mass is 10.2. The van der Waals surface area contributed by atoms with Crippen LogP contribution in [0.15, 0.2) is 51.7 Å². The van der Waals surface area contributed by atoms with Crippen molar-refractivity contribution >= 4 is 26.8 Å². The van der Waals surface area contributed by atoms with Crippen molar-refractivity contribution in [1.29, 1.82) is 0 Å². The summed E-state index contributed by atoms with van der Waals surface area (Å²) in [7, 11) is 0. The fraction of sp³-hybridized carbons (Fsp3) is 0.0714. The average molecular weight is 334 g/mol. The molecule has 0 atom stereocenters. The Morgan fingerprint density at radius 2 is 2.00 bits per heavy atom. The van der Waals surface area contributed by atoms with Gasteiger partial charge in [-0.05, 0) is 24.3 Å². The van der Waals surface area contributed by atoms with Crippen molar-refractivity contribution in [3.8, 4) is 0 Å². The summed E-state index contributed by atoms with van der Waals surface area (Å²) in [4.78, 5) is 12.2. The average Bonchev–Trinajstić information content (AvgIpc) is 2.45. The molecular formula is C14H9BrFN3O. The summed E-state index contributed by atoms with van der Waals surface area (Å²) in [5.41, 5.74) is 0.642. The summed E-state index contributed by atoms with van der Waals surface area (Å²) in [6.45, 7) is 0.0514. The van der Waals surface area contributed by atoms with Gasteiger partial charge >= 0.3 is 0 Å². The quantitative estimate of drug-likeness (QED) is 0.724. The molecule has 0 fully saturated rings. The van der Waals surface area contributed by atoms with Gasteiger partial charge in [-0.2, -0.15) is 0 Å². The van der Waals surface area contributed by atoms with Gasteiger partial charge in [-0.1, -0.05) is 39.3 Å². The highest BCUT2D eigenvalue weighted by molar-refractivity contribution is 9.10. The van der Waals surface area contributed by atoms with Crippen molar-refractivity contribution < 1.29 is 4.39 Å². The molecule has 0 aliphatic carbocycles. The first kappa shape index (κ1) is 12.9. The van der Waals surface area contributed by atoms with Crippen LogP contribution in [0.25, 0.3) is 10.9 Å². The van der Waals surface area contributed by atoms with E-state index in [1.165, 1.54) is 6.07 Å². The number of rotatable bonds is 2. The van der Waals surface area contributed by atoms with Crippen molar-refractivity contribution in [1.82, 2.24) is 15.0 Å². The van der Waals surface area contributed by atoms with Crippen molar-refractivity contribution in [2.75, 3.05) is 0 Å². The molecule has 20 heavy (non-hydrogen) atoms. The molecule has 0 radical (unpaired) electrons. The molecule has 100 valence electrons. The van der Waals surface area contributed by atoms with Crippen LogP contribution in [-0.2, 0) is 6.54 Å². The van der Waals surface area contributed by atoms with Gasteiger partial charge in [0.2, 0.25) is 0 Å². The molecule has 4 nitrogen and oxygen atoms in total. The summed E-state index contributed by atoms with van der Waals surface area (Å²) in [5.74, 6) is -0.388. The van der Waals surface area contributed by atoms with E-state index in [0.717, 1.165) is 4.68 Å². The minimum absolute atomic E-state index is 0.0514. The maximum atomic E-state index is 13.8. The second-order valence-electron chi connectivity index (χ2n) is 4.31. The summed E-state index contributed by atoms with van der Waals surface area (Å²) in [6.07, 6.45) is 0. The molecule has 3 rings (SSSR count). The first-order valence-corrected chi connectivity index (χ1v) is 6.71. The van der Waals surface area contributed by atoms with Crippen LogP contribution in [0, 0.1) is 5.82 Å². The van der Waals surface area contributed by atoms with E-state index in [1.807, 2.05) is 0 Å². The predicted octanol–water partition coefficient (Wildman–Crippen LogP) is 2.74. The van der Waals surface area contributed by atoms with E-state index < -0.39 is 0 Å². The van der Waals surface area contributed by atoms with Gasteiger partial charge in [0.1, 0.15) is 11.3 Å². The molecule has 0 N–H and O–H groups in total. The molecule has 1 heterocycles. The Morgan fingerprint density at radius 3 is 2.80 bits per heavy atom. The van der Waals surface area contributed by atoms with Gasteiger partial charge in [0.15, 0.2) is 0 Å². The Hall–Kier alpha value is -2.08. The highest BCUT2D eigenvalue weighted by Gasteiger charge is 2.08. The van der Waals surface area contributed by atoms with Gasteiger partial charge in [-0.15, -0.1) is 5.10 Å². The fourth-order valence-corrected chi connectivity index (χ4v) is 2.27. The summed E-state index contributed by atoms with van der Waals surface area (Å²) >= 11 is 3.19. The zero-order valence-corrected chi connectivity index (χ0v) is 11.8. The third-order valence-corrected chi connectivity index (χ3v) is 3.46. The zero-order valence-electron chi connectivity index (χ0n) is 10.3. The molecule has 0 amide bonds. The number of benzene rings is 2. The largest absolute Gasteiger partial charge is 0.277 e. The molecular weight excluding hydrogens is 325 g/mol. The second-order valence-corrected chi connectivity index (χ2v) is 5.22. The van der Waals surface area contributed by atoms with Crippen molar-refractivity contribution in [3.63, 3.8) is 0 Å². The monoisotopic (exact) mass is 333 g/mol. The molecule has 0 aliphatic rings. The van der Waals surface area contributed by atoms with Crippen LogP contribution in [0.1, 0.15) is 5.56 Å². The number of hydrogen-bond acceptors (Lipinski definition) is 3. The van der Waals surface area contributed by atoms with E-state index in [9.17, 15) is 9.18 Å². The highest BCUT2D eigenvalue weighted by atomic mass is 79.9. The molecule has 0 saturated carbocycles. The van der Waals surface area contributed by atoms with Crippen LogP contribution >= 0.6 is 15.9 Å². The standard InChI is InChI=1S/C14H9BrFN3O/c15-10-6-5-9(12(16)7-10)8-19-14(20)11-3-1-2-4-13(11)17-18-19/h1-7H,8H2. The zero-order chi connectivity index (χ0) is 14.1. The van der Waals surface area contributed by atoms with Gasteiger partial charge in [-0.25, -0.2) is 9.07 Å². The molecule has 1 aromatic heterocycles. The van der Waals surface area contributed by atoms with Gasteiger partial charge in [0.25, 0.3) is 5.56 Å². The van der Waals surface area contributed by atoms with Crippen molar-refractivity contribution in [2.24, 2.45) is 0 Å². The normalized spacial score (nSPS) is 10.9. The molecule has 3 aromatic rings. The molecule has 2 aromatic carbocycles. The topological polar surface area (TPSA) is 47.8 Å². The van der Waals surface area contributed by atoms with E-state index in [-0.39, 0.29) is 17.9 Å². The Morgan fingerprint density at radius 1 is 1.20 bits per heavy atom. The van der Waals surface area contributed by atoms with Gasteiger partial charge < -0.3 is 0 Å². The van der Waals surface area contributed by atoms with E-state index in [1.54, 1.807) is 36.4 Å². The van der Waals surface area contributed by atoms with Crippen LogP contribution in [0.4, 0.5) is 4.39 Å². The SMILES string of the molecule is O=c1c2ccccc2nnn1Cc1ccc(Br)cc1F. The first-order valence-electron chi connectivity index (χ1n) is 5.91. The number of aromatic nitrogens is 3. The van der Waals surface area contributed by atoms with Crippen LogP contribution < -0.4 is 5.56 Å². The molecule has 0 saturated heterocycles. The lowest BCUT2D eigenvalue weighted by molar-refractivity contribution is 0.556. The van der Waals surface area contributed by atoms with Gasteiger partial charge in [0, 0.05) is 10.0 Å². The lowest BCUT2D eigenvalue weighted by Crippen LogP contribution is -2.25. The highest BCUT2D eigenvalue weighted by Crippen LogP contribution is 2.15. The molecule has 0 bridgehead atoms. The van der Waals surface area contributed by atoms with E-state index in [4.69, 9.17) is 0 Å². The molecule has 0 aliphatic heterocycles. The Labute approximate surface area is 122 Å². The van der Waals surface area contributed by atoms with Crippen LogP contribution in [0.3, 0.4) is 0 Å². The van der Waals surface area contributed by atoms with E-state index >= 15 is 0 Å². The van der Waals surface area contributed by atoms with Gasteiger partial charge in [-0.3, -0.25) is 4.79 Å². The summed E-state index contributed by atoms with van der Waals surface area (Å²) in [5, 5.41) is 8.28. The fourth-order valence-electron chi connectivity index (χ4n) is 1.94. The maximum absolute atomic E-state index is 13.8. The Bertz CT molecular complexity index is 847. The smallest absolute Gasteiger partial charge is 0.267 e. The first-order chi connectivity index (χ1) is 9.65. The molecule has 0 spiro atoms. The predicted molar refractivity (Wildman–Crippen MR) is 77.0 cm³/mol. The van der Waals surface area contributed by atoms with Gasteiger partial charge in [0.05, 0.1) is 11.9 Å². The second kappa shape index (κ2) is 5.13. The van der Waals surface area contributed by atoms with Crippen LogP contribution in [0.5, 0.6) is 0 Å². The molecule has 6 heteroatoms. The maximum Gasteiger partial charge on any atom is 0.277 e. The van der Waals surface area contributed by atoms with Crippen molar-refractivity contribution in [2.45, 2.75) is 6.54 Å². The summed E-state index contributed by atoms with van der Waals surface area (Å²) < 4.78 is 15.6. The number of halogens is 2. The van der Waals surface area contributed by atoms with E-state index in [2.05, 4.69) is 26.2 Å². The lowest BCUT2D eigenvalue weighted by Gasteiger charge is -2.06. The minimum atomic E-state index is -0.388. The summed E-state index contributed by atoms with van der Waals surface area (Å²) in [6, 6.07) is 11.6.